The minimum atomic E-state index is -1.19. The molecule has 1 aromatic carbocycles. The number of amides is 1. The van der Waals surface area contributed by atoms with Gasteiger partial charge in [-0.2, -0.15) is 0 Å². The van der Waals surface area contributed by atoms with Gasteiger partial charge in [0, 0.05) is 18.5 Å². The number of fused-ring (bicyclic) bond motifs is 1. The molecule has 0 unspecified atom stereocenters. The summed E-state index contributed by atoms with van der Waals surface area (Å²) in [5, 5.41) is 8.49. The zero-order valence-electron chi connectivity index (χ0n) is 9.77. The van der Waals surface area contributed by atoms with Crippen molar-refractivity contribution in [2.75, 3.05) is 18.6 Å². The van der Waals surface area contributed by atoms with E-state index in [1.807, 2.05) is 5.92 Å². The normalized spacial score (nSPS) is 13.8. The molecular formula is C13H11NO4. The van der Waals surface area contributed by atoms with Crippen molar-refractivity contribution < 1.29 is 19.4 Å². The van der Waals surface area contributed by atoms with Gasteiger partial charge in [-0.05, 0) is 18.2 Å². The van der Waals surface area contributed by atoms with Crippen LogP contribution in [0.2, 0.25) is 0 Å². The Kier molecular flexibility index (Phi) is 3.20. The molecule has 92 valence electrons. The van der Waals surface area contributed by atoms with Gasteiger partial charge in [-0.1, -0.05) is 5.92 Å². The van der Waals surface area contributed by atoms with E-state index in [4.69, 9.17) is 9.84 Å². The standard InChI is InChI=1S/C13H11NO4/c1-14-10-8-9(3-5-13(16)17)2-4-11(10)18-7-6-12(14)15/h2,4,8H,6-7H2,1H3,(H,16,17). The Morgan fingerprint density at radius 1 is 1.50 bits per heavy atom. The SMILES string of the molecule is CN1C(=O)CCOc2ccc(C#CC(=O)O)cc21. The summed E-state index contributed by atoms with van der Waals surface area (Å²) in [5.41, 5.74) is 1.14. The van der Waals surface area contributed by atoms with E-state index < -0.39 is 5.97 Å². The van der Waals surface area contributed by atoms with Gasteiger partial charge in [-0.15, -0.1) is 0 Å². The molecule has 0 bridgehead atoms. The minimum absolute atomic E-state index is 0.0444. The minimum Gasteiger partial charge on any atom is -0.491 e. The van der Waals surface area contributed by atoms with E-state index in [9.17, 15) is 9.59 Å². The zero-order chi connectivity index (χ0) is 13.1. The molecule has 1 N–H and O–H groups in total. The van der Waals surface area contributed by atoms with E-state index in [0.29, 0.717) is 30.0 Å². The van der Waals surface area contributed by atoms with Crippen molar-refractivity contribution in [1.82, 2.24) is 0 Å². The molecule has 2 rings (SSSR count). The summed E-state index contributed by atoms with van der Waals surface area (Å²) >= 11 is 0. The Bertz CT molecular complexity index is 568. The molecule has 0 spiro atoms. The van der Waals surface area contributed by atoms with Crippen LogP contribution in [0.4, 0.5) is 5.69 Å². The maximum atomic E-state index is 11.7. The first kappa shape index (κ1) is 12.0. The predicted octanol–water partition coefficient (Wildman–Crippen LogP) is 0.868. The van der Waals surface area contributed by atoms with Crippen LogP contribution in [0.5, 0.6) is 5.75 Å². The molecule has 1 heterocycles. The van der Waals surface area contributed by atoms with Crippen LogP contribution in [-0.2, 0) is 9.59 Å². The first-order valence-corrected chi connectivity index (χ1v) is 5.36. The molecule has 1 amide bonds. The molecule has 0 atom stereocenters. The number of carboxylic acids is 1. The first-order valence-electron chi connectivity index (χ1n) is 5.36. The third kappa shape index (κ3) is 2.43. The number of benzene rings is 1. The van der Waals surface area contributed by atoms with E-state index in [1.165, 1.54) is 4.90 Å². The first-order chi connectivity index (χ1) is 8.58. The predicted molar refractivity (Wildman–Crippen MR) is 64.5 cm³/mol. The second-order valence-corrected chi connectivity index (χ2v) is 3.79. The second-order valence-electron chi connectivity index (χ2n) is 3.79. The fourth-order valence-corrected chi connectivity index (χ4v) is 1.66. The Morgan fingerprint density at radius 3 is 3.00 bits per heavy atom. The van der Waals surface area contributed by atoms with Gasteiger partial charge in [-0.25, -0.2) is 4.79 Å². The van der Waals surface area contributed by atoms with Crippen molar-refractivity contribution in [3.05, 3.63) is 23.8 Å². The van der Waals surface area contributed by atoms with Crippen molar-refractivity contribution in [1.29, 1.82) is 0 Å². The molecule has 0 radical (unpaired) electrons. The number of hydrogen-bond acceptors (Lipinski definition) is 3. The van der Waals surface area contributed by atoms with Gasteiger partial charge in [0.05, 0.1) is 18.7 Å². The molecule has 5 heteroatoms. The van der Waals surface area contributed by atoms with Crippen LogP contribution in [0, 0.1) is 11.8 Å². The topological polar surface area (TPSA) is 66.8 Å². The monoisotopic (exact) mass is 245 g/mol. The smallest absolute Gasteiger partial charge is 0.382 e. The van der Waals surface area contributed by atoms with Crippen LogP contribution in [0.15, 0.2) is 18.2 Å². The van der Waals surface area contributed by atoms with E-state index in [1.54, 1.807) is 25.2 Å². The molecule has 0 saturated heterocycles. The molecule has 1 aliphatic heterocycles. The summed E-state index contributed by atoms with van der Waals surface area (Å²) < 4.78 is 5.44. The van der Waals surface area contributed by atoms with Crippen LogP contribution in [0.25, 0.3) is 0 Å². The van der Waals surface area contributed by atoms with Gasteiger partial charge < -0.3 is 14.7 Å². The number of rotatable bonds is 0. The molecule has 0 fully saturated rings. The largest absolute Gasteiger partial charge is 0.491 e. The summed E-state index contributed by atoms with van der Waals surface area (Å²) in [6.45, 7) is 0.344. The number of carbonyl (C=O) groups excluding carboxylic acids is 1. The number of anilines is 1. The molecular weight excluding hydrogens is 234 g/mol. The second kappa shape index (κ2) is 4.80. The van der Waals surface area contributed by atoms with Gasteiger partial charge in [0.1, 0.15) is 5.75 Å². The van der Waals surface area contributed by atoms with Crippen LogP contribution in [-0.4, -0.2) is 30.6 Å². The van der Waals surface area contributed by atoms with Crippen LogP contribution in [0.3, 0.4) is 0 Å². The van der Waals surface area contributed by atoms with Gasteiger partial charge in [0.2, 0.25) is 5.91 Å². The lowest BCUT2D eigenvalue weighted by molar-refractivity contribution is -0.130. The van der Waals surface area contributed by atoms with Gasteiger partial charge >= 0.3 is 5.97 Å². The van der Waals surface area contributed by atoms with Gasteiger partial charge in [0.25, 0.3) is 0 Å². The third-order valence-electron chi connectivity index (χ3n) is 2.58. The lowest BCUT2D eigenvalue weighted by Crippen LogP contribution is -2.25. The highest BCUT2D eigenvalue weighted by Gasteiger charge is 2.19. The molecule has 1 aliphatic rings. The molecule has 5 nitrogen and oxygen atoms in total. The summed E-state index contributed by atoms with van der Waals surface area (Å²) in [6, 6.07) is 5.00. The van der Waals surface area contributed by atoms with E-state index >= 15 is 0 Å². The third-order valence-corrected chi connectivity index (χ3v) is 2.58. The summed E-state index contributed by atoms with van der Waals surface area (Å²) in [6.07, 6.45) is 0.321. The number of nitrogens with zero attached hydrogens (tertiary/aromatic N) is 1. The van der Waals surface area contributed by atoms with Crippen molar-refractivity contribution in [2.24, 2.45) is 0 Å². The van der Waals surface area contributed by atoms with Gasteiger partial charge in [-0.3, -0.25) is 4.79 Å². The van der Waals surface area contributed by atoms with E-state index in [0.717, 1.165) is 0 Å². The quantitative estimate of drug-likeness (QED) is 0.689. The van der Waals surface area contributed by atoms with E-state index in [-0.39, 0.29) is 5.91 Å². The maximum absolute atomic E-state index is 11.7. The number of aliphatic carboxylic acids is 1. The average Bonchev–Trinajstić information content (AvgIpc) is 2.48. The van der Waals surface area contributed by atoms with Crippen molar-refractivity contribution in [2.45, 2.75) is 6.42 Å². The van der Waals surface area contributed by atoms with Crippen molar-refractivity contribution in [3.8, 4) is 17.6 Å². The fourth-order valence-electron chi connectivity index (χ4n) is 1.66. The summed E-state index contributed by atoms with van der Waals surface area (Å²) in [5.74, 6) is 3.91. The Balaban J connectivity index is 2.42. The van der Waals surface area contributed by atoms with Crippen molar-refractivity contribution >= 4 is 17.6 Å². The lowest BCUT2D eigenvalue weighted by Gasteiger charge is -2.16. The van der Waals surface area contributed by atoms with Gasteiger partial charge in [0.15, 0.2) is 0 Å². The highest BCUT2D eigenvalue weighted by molar-refractivity contribution is 5.95. The molecule has 1 aromatic rings. The summed E-state index contributed by atoms with van der Waals surface area (Å²) in [4.78, 5) is 23.5. The maximum Gasteiger partial charge on any atom is 0.382 e. The molecule has 18 heavy (non-hydrogen) atoms. The van der Waals surface area contributed by atoms with E-state index in [2.05, 4.69) is 5.92 Å². The number of ether oxygens (including phenoxy) is 1. The average molecular weight is 245 g/mol. The molecule has 0 saturated carbocycles. The Hall–Kier alpha value is -2.48. The highest BCUT2D eigenvalue weighted by Crippen LogP contribution is 2.31. The zero-order valence-corrected chi connectivity index (χ0v) is 9.77. The lowest BCUT2D eigenvalue weighted by atomic mass is 10.1. The molecule has 0 aliphatic carbocycles. The van der Waals surface area contributed by atoms with Crippen LogP contribution >= 0.6 is 0 Å². The number of carbonyl (C=O) groups is 2. The number of hydrogen-bond donors (Lipinski definition) is 1. The number of carboxylic acid groups (broad SMARTS) is 1. The Labute approximate surface area is 104 Å². The fraction of sp³-hybridized carbons (Fsp3) is 0.231. The molecule has 0 aromatic heterocycles. The summed E-state index contributed by atoms with van der Waals surface area (Å²) in [7, 11) is 1.66. The Morgan fingerprint density at radius 2 is 2.28 bits per heavy atom. The van der Waals surface area contributed by atoms with Crippen LogP contribution in [0.1, 0.15) is 12.0 Å². The van der Waals surface area contributed by atoms with Crippen LogP contribution < -0.4 is 9.64 Å². The highest BCUT2D eigenvalue weighted by atomic mass is 16.5. The van der Waals surface area contributed by atoms with Crippen molar-refractivity contribution in [3.63, 3.8) is 0 Å².